The summed E-state index contributed by atoms with van der Waals surface area (Å²) in [5.41, 5.74) is 1.95. The minimum atomic E-state index is -0.842. The third-order valence-corrected chi connectivity index (χ3v) is 3.79. The number of hydrogen-bond donors (Lipinski definition) is 1. The first-order valence-electron chi connectivity index (χ1n) is 9.01. The van der Waals surface area contributed by atoms with E-state index in [1.165, 1.54) is 0 Å². The predicted molar refractivity (Wildman–Crippen MR) is 102 cm³/mol. The van der Waals surface area contributed by atoms with Gasteiger partial charge < -0.3 is 14.6 Å². The summed E-state index contributed by atoms with van der Waals surface area (Å²) in [6.45, 7) is 7.58. The number of carbonyl (C=O) groups is 1. The average molecular weight is 356 g/mol. The topological polar surface area (TPSA) is 55.8 Å². The summed E-state index contributed by atoms with van der Waals surface area (Å²) in [7, 11) is 0. The van der Waals surface area contributed by atoms with E-state index in [0.717, 1.165) is 29.5 Å². The predicted octanol–water partition coefficient (Wildman–Crippen LogP) is 4.59. The smallest absolute Gasteiger partial charge is 0.352 e. The number of hydrogen-bond acceptors (Lipinski definition) is 4. The van der Waals surface area contributed by atoms with Crippen molar-refractivity contribution in [1.82, 2.24) is 0 Å². The minimum Gasteiger partial charge on any atom is -0.474 e. The van der Waals surface area contributed by atoms with Crippen molar-refractivity contribution in [3.63, 3.8) is 0 Å². The largest absolute Gasteiger partial charge is 0.474 e. The maximum atomic E-state index is 12.8. The molecule has 2 aromatic carbocycles. The highest BCUT2D eigenvalue weighted by atomic mass is 16.6. The summed E-state index contributed by atoms with van der Waals surface area (Å²) >= 11 is 0. The maximum Gasteiger partial charge on any atom is 0.352 e. The molecule has 0 bridgehead atoms. The molecule has 2 aromatic rings. The second kappa shape index (κ2) is 8.86. The Balaban J connectivity index is 2.36. The second-order valence-electron chi connectivity index (χ2n) is 7.29. The molecule has 0 saturated heterocycles. The molecule has 0 aliphatic heterocycles. The van der Waals surface area contributed by atoms with E-state index in [0.29, 0.717) is 5.75 Å². The van der Waals surface area contributed by atoms with Crippen molar-refractivity contribution in [3.8, 4) is 5.75 Å². The molecule has 140 valence electrons. The summed E-state index contributed by atoms with van der Waals surface area (Å²) < 4.78 is 11.7. The van der Waals surface area contributed by atoms with Gasteiger partial charge in [-0.2, -0.15) is 0 Å². The fraction of sp³-hybridized carbons (Fsp3) is 0.409. The van der Waals surface area contributed by atoms with Gasteiger partial charge in [0.25, 0.3) is 0 Å². The van der Waals surface area contributed by atoms with Crippen molar-refractivity contribution in [2.75, 3.05) is 0 Å². The van der Waals surface area contributed by atoms with Gasteiger partial charge in [-0.15, -0.1) is 0 Å². The Morgan fingerprint density at radius 3 is 2.38 bits per heavy atom. The Morgan fingerprint density at radius 1 is 1.12 bits per heavy atom. The van der Waals surface area contributed by atoms with Crippen LogP contribution < -0.4 is 4.74 Å². The number of carbonyl (C=O) groups excluding carboxylic acids is 1. The van der Waals surface area contributed by atoms with Crippen molar-refractivity contribution in [3.05, 3.63) is 65.2 Å². The normalized spacial score (nSPS) is 12.5. The zero-order chi connectivity index (χ0) is 19.2. The Kier molecular flexibility index (Phi) is 6.81. The Morgan fingerprint density at radius 2 is 1.81 bits per heavy atom. The quantitative estimate of drug-likeness (QED) is 0.737. The van der Waals surface area contributed by atoms with Crippen LogP contribution in [0.25, 0.3) is 0 Å². The lowest BCUT2D eigenvalue weighted by Gasteiger charge is -2.25. The first-order valence-corrected chi connectivity index (χ1v) is 9.01. The summed E-state index contributed by atoms with van der Waals surface area (Å²) in [6.07, 6.45) is 0.901. The van der Waals surface area contributed by atoms with Crippen LogP contribution in [-0.4, -0.2) is 16.7 Å². The highest BCUT2D eigenvalue weighted by Crippen LogP contribution is 2.29. The van der Waals surface area contributed by atoms with Crippen molar-refractivity contribution in [2.45, 2.75) is 58.8 Å². The standard InChI is InChI=1S/C22H28O4/c1-5-9-18-14-16(15-23)12-13-19(18)25-20(17-10-7-6-8-11-17)21(24)26-22(2,3)4/h6-8,10-14,20,23H,5,9,15H2,1-4H3. The number of ether oxygens (including phenoxy) is 2. The van der Waals surface area contributed by atoms with E-state index in [1.54, 1.807) is 0 Å². The molecular weight excluding hydrogens is 328 g/mol. The van der Waals surface area contributed by atoms with Gasteiger partial charge in [-0.1, -0.05) is 49.7 Å². The summed E-state index contributed by atoms with van der Waals surface area (Å²) in [5, 5.41) is 9.38. The van der Waals surface area contributed by atoms with Crippen molar-refractivity contribution >= 4 is 5.97 Å². The molecule has 0 heterocycles. The highest BCUT2D eigenvalue weighted by Gasteiger charge is 2.29. The van der Waals surface area contributed by atoms with E-state index in [4.69, 9.17) is 9.47 Å². The van der Waals surface area contributed by atoms with Crippen molar-refractivity contribution in [1.29, 1.82) is 0 Å². The number of aliphatic hydroxyl groups excluding tert-OH is 1. The zero-order valence-electron chi connectivity index (χ0n) is 16.0. The van der Waals surface area contributed by atoms with Crippen LogP contribution in [0.1, 0.15) is 56.9 Å². The zero-order valence-corrected chi connectivity index (χ0v) is 16.0. The van der Waals surface area contributed by atoms with Crippen LogP contribution in [0.2, 0.25) is 0 Å². The van der Waals surface area contributed by atoms with Crippen LogP contribution in [-0.2, 0) is 22.6 Å². The van der Waals surface area contributed by atoms with Gasteiger partial charge in [-0.05, 0) is 50.5 Å². The third-order valence-electron chi connectivity index (χ3n) is 3.79. The second-order valence-corrected chi connectivity index (χ2v) is 7.29. The first kappa shape index (κ1) is 20.0. The number of aliphatic hydroxyl groups is 1. The SMILES string of the molecule is CCCc1cc(CO)ccc1OC(C(=O)OC(C)(C)C)c1ccccc1. The van der Waals surface area contributed by atoms with Crippen LogP contribution in [0.3, 0.4) is 0 Å². The van der Waals surface area contributed by atoms with Crippen LogP contribution in [0.5, 0.6) is 5.75 Å². The minimum absolute atomic E-state index is 0.0226. The molecule has 4 nitrogen and oxygen atoms in total. The van der Waals surface area contributed by atoms with Crippen LogP contribution >= 0.6 is 0 Å². The van der Waals surface area contributed by atoms with Crippen LogP contribution in [0.4, 0.5) is 0 Å². The molecule has 0 amide bonds. The van der Waals surface area contributed by atoms with Gasteiger partial charge in [-0.25, -0.2) is 4.79 Å². The van der Waals surface area contributed by atoms with Gasteiger partial charge in [0, 0.05) is 5.56 Å². The molecule has 0 radical (unpaired) electrons. The number of benzene rings is 2. The van der Waals surface area contributed by atoms with Crippen LogP contribution in [0.15, 0.2) is 48.5 Å². The van der Waals surface area contributed by atoms with Gasteiger partial charge in [0.2, 0.25) is 6.10 Å². The molecule has 0 aromatic heterocycles. The molecular formula is C22H28O4. The van der Waals surface area contributed by atoms with E-state index in [-0.39, 0.29) is 6.61 Å². The van der Waals surface area contributed by atoms with E-state index in [2.05, 4.69) is 6.92 Å². The molecule has 0 saturated carbocycles. The summed E-state index contributed by atoms with van der Waals surface area (Å²) in [4.78, 5) is 12.8. The average Bonchev–Trinajstić information content (AvgIpc) is 2.60. The van der Waals surface area contributed by atoms with Gasteiger partial charge in [0.05, 0.1) is 6.61 Å². The number of aryl methyl sites for hydroxylation is 1. The molecule has 1 N–H and O–H groups in total. The van der Waals surface area contributed by atoms with Crippen molar-refractivity contribution < 1.29 is 19.4 Å². The monoisotopic (exact) mass is 356 g/mol. The highest BCUT2D eigenvalue weighted by molar-refractivity contribution is 5.77. The Bertz CT molecular complexity index is 717. The summed E-state index contributed by atoms with van der Waals surface area (Å²) in [5.74, 6) is 0.223. The van der Waals surface area contributed by atoms with Crippen LogP contribution in [0, 0.1) is 0 Å². The lowest BCUT2D eigenvalue weighted by Crippen LogP contribution is -2.30. The lowest BCUT2D eigenvalue weighted by atomic mass is 10.0. The lowest BCUT2D eigenvalue weighted by molar-refractivity contribution is -0.163. The fourth-order valence-corrected chi connectivity index (χ4v) is 2.67. The molecule has 1 unspecified atom stereocenters. The van der Waals surface area contributed by atoms with Gasteiger partial charge >= 0.3 is 5.97 Å². The Labute approximate surface area is 155 Å². The van der Waals surface area contributed by atoms with Gasteiger partial charge in [-0.3, -0.25) is 0 Å². The van der Waals surface area contributed by atoms with Gasteiger partial charge in [0.1, 0.15) is 11.4 Å². The molecule has 0 fully saturated rings. The molecule has 0 spiro atoms. The third kappa shape index (κ3) is 5.60. The van der Waals surface area contributed by atoms with E-state index in [1.807, 2.05) is 69.3 Å². The molecule has 0 aliphatic carbocycles. The van der Waals surface area contributed by atoms with E-state index in [9.17, 15) is 9.90 Å². The van der Waals surface area contributed by atoms with E-state index >= 15 is 0 Å². The van der Waals surface area contributed by atoms with Gasteiger partial charge in [0.15, 0.2) is 0 Å². The summed E-state index contributed by atoms with van der Waals surface area (Å²) in [6, 6.07) is 14.9. The number of esters is 1. The maximum absolute atomic E-state index is 12.8. The Hall–Kier alpha value is -2.33. The molecule has 26 heavy (non-hydrogen) atoms. The molecule has 2 rings (SSSR count). The molecule has 1 atom stereocenters. The van der Waals surface area contributed by atoms with E-state index < -0.39 is 17.7 Å². The van der Waals surface area contributed by atoms with Crippen molar-refractivity contribution in [2.24, 2.45) is 0 Å². The number of rotatable bonds is 7. The first-order chi connectivity index (χ1) is 12.3. The molecule has 4 heteroatoms. The molecule has 0 aliphatic rings. The fourth-order valence-electron chi connectivity index (χ4n) is 2.67.